The number of methoxy groups -OCH3 is 1. The first kappa shape index (κ1) is 27.9. The number of carbonyl (C=O) groups is 2. The van der Waals surface area contributed by atoms with Gasteiger partial charge in [0, 0.05) is 24.7 Å². The molecule has 2 aromatic carbocycles. The second-order valence-corrected chi connectivity index (χ2v) is 11.0. The molecule has 0 aromatic heterocycles. The lowest BCUT2D eigenvalue weighted by atomic mass is 10.1. The molecular formula is C25H32N4O7S. The van der Waals surface area contributed by atoms with Crippen molar-refractivity contribution in [2.75, 3.05) is 24.2 Å². The number of nitro groups is 1. The van der Waals surface area contributed by atoms with Crippen molar-refractivity contribution in [3.8, 4) is 5.75 Å². The molecule has 3 rings (SSSR count). The van der Waals surface area contributed by atoms with Gasteiger partial charge in [0.2, 0.25) is 21.8 Å². The van der Waals surface area contributed by atoms with Gasteiger partial charge in [-0.05, 0) is 43.5 Å². The van der Waals surface area contributed by atoms with Gasteiger partial charge in [-0.1, -0.05) is 31.0 Å². The highest BCUT2D eigenvalue weighted by Crippen LogP contribution is 2.24. The highest BCUT2D eigenvalue weighted by Gasteiger charge is 2.31. The lowest BCUT2D eigenvalue weighted by Crippen LogP contribution is -2.52. The minimum absolute atomic E-state index is 0.0190. The molecule has 0 bridgehead atoms. The summed E-state index contributed by atoms with van der Waals surface area (Å²) in [6, 6.07) is 11.2. The average Bonchev–Trinajstić information content (AvgIpc) is 3.37. The Labute approximate surface area is 216 Å². The number of hydrogen-bond acceptors (Lipinski definition) is 7. The maximum atomic E-state index is 13.6. The summed E-state index contributed by atoms with van der Waals surface area (Å²) in [6.07, 6.45) is 4.71. The van der Waals surface area contributed by atoms with E-state index in [1.807, 2.05) is 0 Å². The number of nitrogens with zero attached hydrogens (tertiary/aromatic N) is 3. The van der Waals surface area contributed by atoms with E-state index in [-0.39, 0.29) is 29.9 Å². The van der Waals surface area contributed by atoms with Gasteiger partial charge in [0.25, 0.3) is 5.69 Å². The van der Waals surface area contributed by atoms with Crippen LogP contribution in [0.4, 0.5) is 11.4 Å². The van der Waals surface area contributed by atoms with Gasteiger partial charge in [-0.15, -0.1) is 0 Å². The van der Waals surface area contributed by atoms with Gasteiger partial charge >= 0.3 is 0 Å². The molecule has 0 radical (unpaired) electrons. The number of nitro benzene ring substituents is 1. The molecule has 37 heavy (non-hydrogen) atoms. The van der Waals surface area contributed by atoms with Crippen LogP contribution in [0.25, 0.3) is 0 Å². The molecule has 1 aliphatic carbocycles. The number of carbonyl (C=O) groups excluding carboxylic acids is 2. The molecule has 1 unspecified atom stereocenters. The molecule has 0 aliphatic heterocycles. The van der Waals surface area contributed by atoms with Crippen LogP contribution in [0.3, 0.4) is 0 Å². The van der Waals surface area contributed by atoms with Crippen molar-refractivity contribution in [1.82, 2.24) is 10.2 Å². The Morgan fingerprint density at radius 2 is 1.84 bits per heavy atom. The smallest absolute Gasteiger partial charge is 0.271 e. The number of rotatable bonds is 11. The molecule has 1 aliphatic rings. The van der Waals surface area contributed by atoms with Crippen molar-refractivity contribution < 1.29 is 27.7 Å². The third-order valence-electron chi connectivity index (χ3n) is 6.36. The fourth-order valence-corrected chi connectivity index (χ4v) is 5.16. The number of hydrogen-bond donors (Lipinski definition) is 1. The van der Waals surface area contributed by atoms with E-state index in [2.05, 4.69) is 5.32 Å². The van der Waals surface area contributed by atoms with E-state index in [9.17, 15) is 28.1 Å². The van der Waals surface area contributed by atoms with Crippen LogP contribution in [-0.4, -0.2) is 62.0 Å². The van der Waals surface area contributed by atoms with E-state index in [1.165, 1.54) is 30.2 Å². The van der Waals surface area contributed by atoms with Crippen LogP contribution in [0.1, 0.15) is 38.2 Å². The van der Waals surface area contributed by atoms with Crippen molar-refractivity contribution in [3.63, 3.8) is 0 Å². The molecule has 0 saturated heterocycles. The Morgan fingerprint density at radius 1 is 1.16 bits per heavy atom. The van der Waals surface area contributed by atoms with E-state index in [0.717, 1.165) is 42.3 Å². The maximum absolute atomic E-state index is 13.6. The van der Waals surface area contributed by atoms with Gasteiger partial charge in [0.1, 0.15) is 18.3 Å². The summed E-state index contributed by atoms with van der Waals surface area (Å²) >= 11 is 0. The Morgan fingerprint density at radius 3 is 2.46 bits per heavy atom. The Hall–Kier alpha value is -3.67. The predicted octanol–water partition coefficient (Wildman–Crippen LogP) is 2.85. The predicted molar refractivity (Wildman–Crippen MR) is 139 cm³/mol. The number of nitrogens with one attached hydrogen (secondary N) is 1. The van der Waals surface area contributed by atoms with Crippen LogP contribution < -0.4 is 14.4 Å². The number of amides is 2. The van der Waals surface area contributed by atoms with E-state index < -0.39 is 33.4 Å². The van der Waals surface area contributed by atoms with E-state index >= 15 is 0 Å². The standard InChI is InChI=1S/C25H32N4O7S/c1-18(25(31)26-20-9-4-5-10-20)27(16-19-8-6-13-23(14-19)36-2)24(30)17-28(37(3,34)35)21-11-7-12-22(15-21)29(32)33/h6-8,11-15,18,20H,4-5,9-10,16-17H2,1-3H3,(H,26,31). The van der Waals surface area contributed by atoms with Gasteiger partial charge < -0.3 is 15.0 Å². The molecular weight excluding hydrogens is 500 g/mol. The molecule has 1 atom stereocenters. The summed E-state index contributed by atoms with van der Waals surface area (Å²) < 4.78 is 31.3. The average molecular weight is 533 g/mol. The van der Waals surface area contributed by atoms with Crippen LogP contribution in [-0.2, 0) is 26.2 Å². The minimum atomic E-state index is -3.99. The zero-order chi connectivity index (χ0) is 27.2. The molecule has 200 valence electrons. The van der Waals surface area contributed by atoms with Gasteiger partial charge in [-0.25, -0.2) is 8.42 Å². The van der Waals surface area contributed by atoms with Crippen LogP contribution in [0, 0.1) is 10.1 Å². The Kier molecular flexibility index (Phi) is 9.09. The summed E-state index contributed by atoms with van der Waals surface area (Å²) in [5.41, 5.74) is 0.361. The number of ether oxygens (including phenoxy) is 1. The second-order valence-electron chi connectivity index (χ2n) is 9.09. The third kappa shape index (κ3) is 7.42. The van der Waals surface area contributed by atoms with Crippen molar-refractivity contribution in [2.45, 2.75) is 51.2 Å². The molecule has 2 aromatic rings. The summed E-state index contributed by atoms with van der Waals surface area (Å²) in [5.74, 6) is -0.388. The number of non-ortho nitro benzene ring substituents is 1. The Bertz CT molecular complexity index is 1250. The molecule has 2 amide bonds. The minimum Gasteiger partial charge on any atom is -0.497 e. The van der Waals surface area contributed by atoms with E-state index in [1.54, 1.807) is 31.2 Å². The van der Waals surface area contributed by atoms with Crippen LogP contribution in [0.5, 0.6) is 5.75 Å². The monoisotopic (exact) mass is 532 g/mol. The highest BCUT2D eigenvalue weighted by molar-refractivity contribution is 7.92. The quantitative estimate of drug-likeness (QED) is 0.347. The van der Waals surface area contributed by atoms with Crippen LogP contribution in [0.2, 0.25) is 0 Å². The first-order valence-corrected chi connectivity index (χ1v) is 13.8. The molecule has 0 heterocycles. The molecule has 11 nitrogen and oxygen atoms in total. The lowest BCUT2D eigenvalue weighted by Gasteiger charge is -2.32. The summed E-state index contributed by atoms with van der Waals surface area (Å²) in [4.78, 5) is 38.6. The number of sulfonamides is 1. The zero-order valence-corrected chi connectivity index (χ0v) is 21.9. The molecule has 1 N–H and O–H groups in total. The van der Waals surface area contributed by atoms with E-state index in [4.69, 9.17) is 4.74 Å². The zero-order valence-electron chi connectivity index (χ0n) is 21.1. The topological polar surface area (TPSA) is 139 Å². The van der Waals surface area contributed by atoms with Crippen LogP contribution in [0.15, 0.2) is 48.5 Å². The molecule has 1 fully saturated rings. The fraction of sp³-hybridized carbons (Fsp3) is 0.440. The SMILES string of the molecule is COc1cccc(CN(C(=O)CN(c2cccc([N+](=O)[O-])c2)S(C)(=O)=O)C(C)C(=O)NC2CCCC2)c1. The van der Waals surface area contributed by atoms with Gasteiger partial charge in [-0.2, -0.15) is 0 Å². The molecule has 0 spiro atoms. The summed E-state index contributed by atoms with van der Waals surface area (Å²) in [6.45, 7) is 0.993. The number of benzene rings is 2. The summed E-state index contributed by atoms with van der Waals surface area (Å²) in [7, 11) is -2.48. The first-order chi connectivity index (χ1) is 17.5. The summed E-state index contributed by atoms with van der Waals surface area (Å²) in [5, 5.41) is 14.2. The largest absolute Gasteiger partial charge is 0.497 e. The third-order valence-corrected chi connectivity index (χ3v) is 7.50. The van der Waals surface area contributed by atoms with E-state index in [0.29, 0.717) is 11.3 Å². The van der Waals surface area contributed by atoms with Crippen LogP contribution >= 0.6 is 0 Å². The first-order valence-electron chi connectivity index (χ1n) is 11.9. The lowest BCUT2D eigenvalue weighted by molar-refractivity contribution is -0.384. The molecule has 1 saturated carbocycles. The van der Waals surface area contributed by atoms with Gasteiger partial charge in [0.05, 0.1) is 24.0 Å². The highest BCUT2D eigenvalue weighted by atomic mass is 32.2. The van der Waals surface area contributed by atoms with Gasteiger partial charge in [0.15, 0.2) is 0 Å². The normalized spacial score (nSPS) is 14.6. The Balaban J connectivity index is 1.92. The van der Waals surface area contributed by atoms with Crippen molar-refractivity contribution in [1.29, 1.82) is 0 Å². The van der Waals surface area contributed by atoms with Crippen molar-refractivity contribution in [2.24, 2.45) is 0 Å². The van der Waals surface area contributed by atoms with Gasteiger partial charge in [-0.3, -0.25) is 24.0 Å². The fourth-order valence-electron chi connectivity index (χ4n) is 4.32. The van der Waals surface area contributed by atoms with Crippen molar-refractivity contribution in [3.05, 3.63) is 64.2 Å². The van der Waals surface area contributed by atoms with Crippen molar-refractivity contribution >= 4 is 33.2 Å². The maximum Gasteiger partial charge on any atom is 0.271 e. The second kappa shape index (κ2) is 12.0. The number of anilines is 1. The molecule has 12 heteroatoms.